The van der Waals surface area contributed by atoms with Gasteiger partial charge in [-0.25, -0.2) is 4.39 Å². The van der Waals surface area contributed by atoms with E-state index in [0.717, 1.165) is 5.56 Å². The number of halogens is 2. The molecule has 1 aromatic carbocycles. The summed E-state index contributed by atoms with van der Waals surface area (Å²) in [6.45, 7) is 3.16. The Morgan fingerprint density at radius 3 is 3.11 bits per heavy atom. The number of nitrogens with zero attached hydrogens (tertiary/aromatic N) is 1. The molecule has 0 N–H and O–H groups in total. The number of hydrogen-bond acceptors (Lipinski definition) is 2. The second-order valence-electron chi connectivity index (χ2n) is 4.38. The van der Waals surface area contributed by atoms with Gasteiger partial charge in [-0.3, -0.25) is 4.79 Å². The lowest BCUT2D eigenvalue weighted by molar-refractivity contribution is -0.0109. The van der Waals surface area contributed by atoms with Gasteiger partial charge in [0.1, 0.15) is 5.82 Å². The Labute approximate surface area is 110 Å². The highest BCUT2D eigenvalue weighted by atomic mass is 35.5. The molecule has 0 spiro atoms. The van der Waals surface area contributed by atoms with Crippen LogP contribution in [0.2, 0.25) is 0 Å². The topological polar surface area (TPSA) is 29.5 Å². The Kier molecular flexibility index (Phi) is 4.19. The Morgan fingerprint density at radius 2 is 2.39 bits per heavy atom. The van der Waals surface area contributed by atoms with Crippen molar-refractivity contribution in [2.75, 3.05) is 25.6 Å². The highest BCUT2D eigenvalue weighted by molar-refractivity contribution is 6.18. The van der Waals surface area contributed by atoms with Crippen molar-refractivity contribution in [1.82, 2.24) is 4.90 Å². The van der Waals surface area contributed by atoms with Crippen molar-refractivity contribution < 1.29 is 13.9 Å². The van der Waals surface area contributed by atoms with Crippen molar-refractivity contribution in [1.29, 1.82) is 0 Å². The lowest BCUT2D eigenvalue weighted by atomic mass is 10.1. The van der Waals surface area contributed by atoms with Gasteiger partial charge in [0.2, 0.25) is 0 Å². The van der Waals surface area contributed by atoms with Gasteiger partial charge in [0.15, 0.2) is 0 Å². The van der Waals surface area contributed by atoms with E-state index in [1.54, 1.807) is 17.0 Å². The van der Waals surface area contributed by atoms with E-state index in [1.807, 2.05) is 6.92 Å². The lowest BCUT2D eigenvalue weighted by Crippen LogP contribution is -2.46. The van der Waals surface area contributed by atoms with Gasteiger partial charge >= 0.3 is 0 Å². The number of benzene rings is 1. The van der Waals surface area contributed by atoms with Gasteiger partial charge in [-0.1, -0.05) is 11.6 Å². The Morgan fingerprint density at radius 1 is 1.61 bits per heavy atom. The van der Waals surface area contributed by atoms with Gasteiger partial charge in [-0.15, -0.1) is 11.6 Å². The van der Waals surface area contributed by atoms with Crippen LogP contribution >= 0.6 is 11.6 Å². The Balaban J connectivity index is 2.17. The summed E-state index contributed by atoms with van der Waals surface area (Å²) in [5, 5.41) is 0. The zero-order valence-electron chi connectivity index (χ0n) is 10.2. The van der Waals surface area contributed by atoms with Crippen molar-refractivity contribution in [3.63, 3.8) is 0 Å². The van der Waals surface area contributed by atoms with Crippen molar-refractivity contribution in [2.45, 2.75) is 13.0 Å². The number of rotatable bonds is 2. The first-order valence-corrected chi connectivity index (χ1v) is 6.38. The highest BCUT2D eigenvalue weighted by Crippen LogP contribution is 2.15. The van der Waals surface area contributed by atoms with Crippen LogP contribution in [0, 0.1) is 12.7 Å². The van der Waals surface area contributed by atoms with Gasteiger partial charge in [-0.2, -0.15) is 0 Å². The molecule has 3 nitrogen and oxygen atoms in total. The van der Waals surface area contributed by atoms with Crippen LogP contribution < -0.4 is 0 Å². The number of morpholine rings is 1. The molecule has 2 rings (SSSR count). The summed E-state index contributed by atoms with van der Waals surface area (Å²) in [6.07, 6.45) is -0.169. The molecule has 1 atom stereocenters. The number of carbonyl (C=O) groups excluding carboxylic acids is 1. The van der Waals surface area contributed by atoms with Crippen molar-refractivity contribution >= 4 is 17.5 Å². The molecule has 1 aliphatic heterocycles. The van der Waals surface area contributed by atoms with E-state index in [-0.39, 0.29) is 17.6 Å². The molecule has 1 saturated heterocycles. The quantitative estimate of drug-likeness (QED) is 0.772. The summed E-state index contributed by atoms with van der Waals surface area (Å²) in [4.78, 5) is 13.8. The van der Waals surface area contributed by atoms with E-state index in [9.17, 15) is 9.18 Å². The normalized spacial score (nSPS) is 19.9. The van der Waals surface area contributed by atoms with Gasteiger partial charge in [0, 0.05) is 13.1 Å². The molecule has 1 aromatic rings. The Hall–Kier alpha value is -1.13. The monoisotopic (exact) mass is 271 g/mol. The van der Waals surface area contributed by atoms with Crippen LogP contribution in [0.25, 0.3) is 0 Å². The average Bonchev–Trinajstić information content (AvgIpc) is 2.41. The largest absolute Gasteiger partial charge is 0.373 e. The van der Waals surface area contributed by atoms with E-state index in [2.05, 4.69) is 0 Å². The predicted molar refractivity (Wildman–Crippen MR) is 67.5 cm³/mol. The minimum atomic E-state index is -0.487. The molecule has 1 heterocycles. The fraction of sp³-hybridized carbons (Fsp3) is 0.462. The maximum atomic E-state index is 13.6. The summed E-state index contributed by atoms with van der Waals surface area (Å²) < 4.78 is 19.0. The zero-order valence-corrected chi connectivity index (χ0v) is 10.9. The minimum Gasteiger partial charge on any atom is -0.373 e. The molecule has 1 unspecified atom stereocenters. The first-order chi connectivity index (χ1) is 8.61. The first kappa shape index (κ1) is 13.3. The third kappa shape index (κ3) is 2.82. The summed E-state index contributed by atoms with van der Waals surface area (Å²) in [5.41, 5.74) is 0.979. The van der Waals surface area contributed by atoms with Crippen molar-refractivity contribution in [3.05, 3.63) is 35.1 Å². The standard InChI is InChI=1S/C13H15ClFNO2/c1-9-2-3-12(15)11(6-9)13(17)16-4-5-18-10(7-14)8-16/h2-3,6,10H,4-5,7-8H2,1H3. The summed E-state index contributed by atoms with van der Waals surface area (Å²) >= 11 is 5.72. The first-order valence-electron chi connectivity index (χ1n) is 5.85. The molecule has 5 heteroatoms. The van der Waals surface area contributed by atoms with E-state index in [0.29, 0.717) is 25.6 Å². The molecule has 98 valence electrons. The fourth-order valence-corrected chi connectivity index (χ4v) is 2.16. The maximum absolute atomic E-state index is 13.6. The van der Waals surface area contributed by atoms with Crippen molar-refractivity contribution in [2.24, 2.45) is 0 Å². The lowest BCUT2D eigenvalue weighted by Gasteiger charge is -2.32. The van der Waals surface area contributed by atoms with Crippen molar-refractivity contribution in [3.8, 4) is 0 Å². The van der Waals surface area contributed by atoms with Crippen LogP contribution in [0.5, 0.6) is 0 Å². The number of ether oxygens (including phenoxy) is 1. The molecule has 0 radical (unpaired) electrons. The van der Waals surface area contributed by atoms with Gasteiger partial charge in [-0.05, 0) is 19.1 Å². The summed E-state index contributed by atoms with van der Waals surface area (Å²) in [6, 6.07) is 4.54. The van der Waals surface area contributed by atoms with E-state index in [1.165, 1.54) is 6.07 Å². The zero-order chi connectivity index (χ0) is 13.1. The number of carbonyl (C=O) groups is 1. The van der Waals surface area contributed by atoms with E-state index in [4.69, 9.17) is 16.3 Å². The third-order valence-corrected chi connectivity index (χ3v) is 3.29. The number of hydrogen-bond donors (Lipinski definition) is 0. The van der Waals surface area contributed by atoms with Crippen LogP contribution in [-0.4, -0.2) is 42.5 Å². The second-order valence-corrected chi connectivity index (χ2v) is 4.69. The summed E-state index contributed by atoms with van der Waals surface area (Å²) in [7, 11) is 0. The average molecular weight is 272 g/mol. The second kappa shape index (κ2) is 5.67. The molecule has 0 aromatic heterocycles. The molecule has 1 aliphatic rings. The molecule has 0 bridgehead atoms. The van der Waals surface area contributed by atoms with Crippen LogP contribution in [0.3, 0.4) is 0 Å². The van der Waals surface area contributed by atoms with E-state index < -0.39 is 5.82 Å². The third-order valence-electron chi connectivity index (χ3n) is 2.95. The fourth-order valence-electron chi connectivity index (χ4n) is 1.97. The van der Waals surface area contributed by atoms with Gasteiger partial charge in [0.25, 0.3) is 5.91 Å². The summed E-state index contributed by atoms with van der Waals surface area (Å²) in [5.74, 6) is -0.450. The van der Waals surface area contributed by atoms with Gasteiger partial charge < -0.3 is 9.64 Å². The maximum Gasteiger partial charge on any atom is 0.257 e. The number of aryl methyl sites for hydroxylation is 1. The number of alkyl halides is 1. The van der Waals surface area contributed by atoms with Crippen LogP contribution in [0.1, 0.15) is 15.9 Å². The Bertz CT molecular complexity index is 453. The molecule has 1 amide bonds. The molecule has 0 saturated carbocycles. The molecular weight excluding hydrogens is 257 g/mol. The highest BCUT2D eigenvalue weighted by Gasteiger charge is 2.26. The smallest absolute Gasteiger partial charge is 0.257 e. The molecular formula is C13H15ClFNO2. The predicted octanol–water partition coefficient (Wildman–Crippen LogP) is 2.21. The van der Waals surface area contributed by atoms with Crippen LogP contribution in [-0.2, 0) is 4.74 Å². The molecule has 0 aliphatic carbocycles. The number of amides is 1. The van der Waals surface area contributed by atoms with Gasteiger partial charge in [0.05, 0.1) is 24.2 Å². The van der Waals surface area contributed by atoms with Crippen LogP contribution in [0.4, 0.5) is 4.39 Å². The van der Waals surface area contributed by atoms with E-state index >= 15 is 0 Å². The SMILES string of the molecule is Cc1ccc(F)c(C(=O)N2CCOC(CCl)C2)c1. The molecule has 1 fully saturated rings. The van der Waals surface area contributed by atoms with Crippen LogP contribution in [0.15, 0.2) is 18.2 Å². The minimum absolute atomic E-state index is 0.116. The molecule has 18 heavy (non-hydrogen) atoms.